The van der Waals surface area contributed by atoms with E-state index < -0.39 is 14.9 Å². The molecule has 7 nitrogen and oxygen atoms in total. The van der Waals surface area contributed by atoms with Gasteiger partial charge in [-0.2, -0.15) is 4.31 Å². The predicted molar refractivity (Wildman–Crippen MR) is 99.9 cm³/mol. The maximum atomic E-state index is 13.1. The second kappa shape index (κ2) is 7.26. The van der Waals surface area contributed by atoms with Gasteiger partial charge in [0.05, 0.1) is 22.3 Å². The fourth-order valence-electron chi connectivity index (χ4n) is 2.81. The first-order valence-corrected chi connectivity index (χ1v) is 10.4. The molecule has 0 spiro atoms. The first kappa shape index (κ1) is 18.7. The molecule has 0 aliphatic carbocycles. The predicted octanol–water partition coefficient (Wildman–Crippen LogP) is 3.35. The number of hydrogen-bond donors (Lipinski definition) is 0. The molecule has 1 atom stereocenters. The number of aryl methyl sites for hydroxylation is 1. The van der Waals surface area contributed by atoms with Crippen LogP contribution < -0.4 is 4.74 Å². The lowest BCUT2D eigenvalue weighted by atomic mass is 10.2. The Labute approximate surface area is 156 Å². The lowest BCUT2D eigenvalue weighted by Crippen LogP contribution is -2.30. The van der Waals surface area contributed by atoms with E-state index in [1.807, 2.05) is 12.1 Å². The highest BCUT2D eigenvalue weighted by atomic mass is 32.2. The molecule has 0 amide bonds. The number of hydrogen-bond acceptors (Lipinski definition) is 6. The molecule has 0 radical (unpaired) electrons. The number of sulfonamides is 1. The Morgan fingerprint density at radius 2 is 1.92 bits per heavy atom. The summed E-state index contributed by atoms with van der Waals surface area (Å²) in [6.07, 6.45) is 0. The van der Waals surface area contributed by atoms with E-state index in [9.17, 15) is 18.5 Å². The summed E-state index contributed by atoms with van der Waals surface area (Å²) in [5.41, 5.74) is 1.08. The molecule has 26 heavy (non-hydrogen) atoms. The van der Waals surface area contributed by atoms with Crippen molar-refractivity contribution < 1.29 is 18.1 Å². The number of rotatable bonds is 5. The molecule has 0 saturated carbocycles. The third-order valence-corrected chi connectivity index (χ3v) is 7.49. The van der Waals surface area contributed by atoms with Crippen LogP contribution in [0.4, 0.5) is 5.69 Å². The van der Waals surface area contributed by atoms with E-state index in [2.05, 4.69) is 0 Å². The highest BCUT2D eigenvalue weighted by Gasteiger charge is 2.37. The quantitative estimate of drug-likeness (QED) is 0.571. The molecule has 9 heteroatoms. The van der Waals surface area contributed by atoms with Crippen LogP contribution >= 0.6 is 11.8 Å². The molecular formula is C17H18N2O5S2. The average Bonchev–Trinajstić information content (AvgIpc) is 3.12. The standard InChI is InChI=1S/C17H18N2O5S2/c1-12-3-8-15(11-16(12)19(20)21)26(22,23)18-9-10-25-17(18)13-4-6-14(24-2)7-5-13/h3-8,11,17H,9-10H2,1-2H3/t17-/m0/s1. The van der Waals surface area contributed by atoms with Gasteiger partial charge in [-0.15, -0.1) is 11.8 Å². The second-order valence-corrected chi connectivity index (χ2v) is 8.90. The highest BCUT2D eigenvalue weighted by Crippen LogP contribution is 2.42. The summed E-state index contributed by atoms with van der Waals surface area (Å²) in [5, 5.41) is 10.8. The Balaban J connectivity index is 1.97. The Bertz CT molecular complexity index is 929. The van der Waals surface area contributed by atoms with Gasteiger partial charge in [0.1, 0.15) is 5.75 Å². The van der Waals surface area contributed by atoms with Gasteiger partial charge in [-0.3, -0.25) is 10.1 Å². The van der Waals surface area contributed by atoms with E-state index in [1.54, 1.807) is 26.2 Å². The topological polar surface area (TPSA) is 89.8 Å². The van der Waals surface area contributed by atoms with Gasteiger partial charge < -0.3 is 4.74 Å². The molecule has 1 fully saturated rings. The van der Waals surface area contributed by atoms with E-state index >= 15 is 0 Å². The highest BCUT2D eigenvalue weighted by molar-refractivity contribution is 8.01. The normalized spacial score (nSPS) is 18.0. The molecule has 1 aliphatic heterocycles. The summed E-state index contributed by atoms with van der Waals surface area (Å²) in [6.45, 7) is 1.94. The van der Waals surface area contributed by atoms with Crippen LogP contribution in [0.3, 0.4) is 0 Å². The average molecular weight is 394 g/mol. The van der Waals surface area contributed by atoms with Crippen LogP contribution in [0.25, 0.3) is 0 Å². The summed E-state index contributed by atoms with van der Waals surface area (Å²) in [4.78, 5) is 10.5. The van der Waals surface area contributed by atoms with Crippen molar-refractivity contribution in [2.45, 2.75) is 17.2 Å². The third kappa shape index (κ3) is 3.42. The Morgan fingerprint density at radius 3 is 2.54 bits per heavy atom. The van der Waals surface area contributed by atoms with E-state index in [1.165, 1.54) is 28.2 Å². The van der Waals surface area contributed by atoms with Crippen molar-refractivity contribution in [2.24, 2.45) is 0 Å². The van der Waals surface area contributed by atoms with Crippen molar-refractivity contribution in [1.29, 1.82) is 0 Å². The van der Waals surface area contributed by atoms with Gasteiger partial charge >= 0.3 is 0 Å². The summed E-state index contributed by atoms with van der Waals surface area (Å²) in [5.74, 6) is 1.35. The zero-order valence-corrected chi connectivity index (χ0v) is 15.9. The molecule has 138 valence electrons. The number of nitrogens with zero attached hydrogens (tertiary/aromatic N) is 2. The molecule has 0 aromatic heterocycles. The van der Waals surface area contributed by atoms with E-state index in [0.29, 0.717) is 23.6 Å². The van der Waals surface area contributed by atoms with Crippen molar-refractivity contribution in [3.05, 3.63) is 63.7 Å². The molecule has 0 unspecified atom stereocenters. The minimum Gasteiger partial charge on any atom is -0.497 e. The molecule has 1 saturated heterocycles. The maximum absolute atomic E-state index is 13.1. The monoisotopic (exact) mass is 394 g/mol. The van der Waals surface area contributed by atoms with Crippen LogP contribution in [0.15, 0.2) is 47.4 Å². The molecule has 0 N–H and O–H groups in total. The summed E-state index contributed by atoms with van der Waals surface area (Å²) >= 11 is 1.52. The number of benzene rings is 2. The summed E-state index contributed by atoms with van der Waals surface area (Å²) in [6, 6.07) is 11.3. The Kier molecular flexibility index (Phi) is 5.22. The van der Waals surface area contributed by atoms with Gasteiger partial charge in [0, 0.05) is 23.9 Å². The molecule has 2 aromatic carbocycles. The van der Waals surface area contributed by atoms with Crippen LogP contribution in [0.2, 0.25) is 0 Å². The van der Waals surface area contributed by atoms with Crippen molar-refractivity contribution in [3.63, 3.8) is 0 Å². The van der Waals surface area contributed by atoms with Crippen LogP contribution in [0.5, 0.6) is 5.75 Å². The SMILES string of the molecule is COc1ccc([C@@H]2SCCN2S(=O)(=O)c2ccc(C)c([N+](=O)[O-])c2)cc1. The lowest BCUT2D eigenvalue weighted by Gasteiger charge is -2.23. The summed E-state index contributed by atoms with van der Waals surface area (Å²) in [7, 11) is -2.28. The van der Waals surface area contributed by atoms with Crippen molar-refractivity contribution in [3.8, 4) is 5.75 Å². The van der Waals surface area contributed by atoms with Crippen molar-refractivity contribution in [2.75, 3.05) is 19.4 Å². The Hall–Kier alpha value is -2.10. The third-order valence-electron chi connectivity index (χ3n) is 4.23. The van der Waals surface area contributed by atoms with Gasteiger partial charge in [-0.1, -0.05) is 18.2 Å². The number of methoxy groups -OCH3 is 1. The number of nitro benzene ring substituents is 1. The van der Waals surface area contributed by atoms with Crippen LogP contribution in [-0.4, -0.2) is 37.1 Å². The molecule has 1 heterocycles. The van der Waals surface area contributed by atoms with Crippen LogP contribution in [-0.2, 0) is 10.0 Å². The van der Waals surface area contributed by atoms with Crippen molar-refractivity contribution in [1.82, 2.24) is 4.31 Å². The fraction of sp³-hybridized carbons (Fsp3) is 0.294. The van der Waals surface area contributed by atoms with Gasteiger partial charge in [0.2, 0.25) is 10.0 Å². The van der Waals surface area contributed by atoms with Crippen LogP contribution in [0.1, 0.15) is 16.5 Å². The van der Waals surface area contributed by atoms with E-state index in [0.717, 1.165) is 11.6 Å². The van der Waals surface area contributed by atoms with E-state index in [-0.39, 0.29) is 16.0 Å². The van der Waals surface area contributed by atoms with Crippen LogP contribution in [0, 0.1) is 17.0 Å². The molecule has 0 bridgehead atoms. The number of nitro groups is 1. The molecule has 3 rings (SSSR count). The maximum Gasteiger partial charge on any atom is 0.273 e. The second-order valence-electron chi connectivity index (χ2n) is 5.82. The largest absolute Gasteiger partial charge is 0.497 e. The summed E-state index contributed by atoms with van der Waals surface area (Å²) < 4.78 is 32.7. The van der Waals surface area contributed by atoms with Gasteiger partial charge in [-0.25, -0.2) is 8.42 Å². The molecular weight excluding hydrogens is 376 g/mol. The van der Waals surface area contributed by atoms with Gasteiger partial charge in [0.25, 0.3) is 5.69 Å². The number of thioether (sulfide) groups is 1. The minimum atomic E-state index is -3.85. The Morgan fingerprint density at radius 1 is 1.23 bits per heavy atom. The zero-order valence-electron chi connectivity index (χ0n) is 14.3. The van der Waals surface area contributed by atoms with Gasteiger partial charge in [-0.05, 0) is 30.7 Å². The first-order chi connectivity index (χ1) is 12.3. The zero-order chi connectivity index (χ0) is 18.9. The minimum absolute atomic E-state index is 0.0594. The molecule has 1 aliphatic rings. The van der Waals surface area contributed by atoms with E-state index in [4.69, 9.17) is 4.74 Å². The fourth-order valence-corrected chi connectivity index (χ4v) is 6.08. The molecule has 2 aromatic rings. The number of ether oxygens (including phenoxy) is 1. The van der Waals surface area contributed by atoms with Crippen molar-refractivity contribution >= 4 is 27.5 Å². The lowest BCUT2D eigenvalue weighted by molar-refractivity contribution is -0.385. The first-order valence-electron chi connectivity index (χ1n) is 7.87. The smallest absolute Gasteiger partial charge is 0.273 e. The van der Waals surface area contributed by atoms with Gasteiger partial charge in [0.15, 0.2) is 0 Å².